The summed E-state index contributed by atoms with van der Waals surface area (Å²) < 4.78 is 11.2. The number of rotatable bonds is 7. The molecule has 2 saturated heterocycles. The Kier molecular flexibility index (Phi) is 7.85. The molecule has 9 nitrogen and oxygen atoms in total. The number of benzene rings is 1. The van der Waals surface area contributed by atoms with Crippen LogP contribution in [0.5, 0.6) is 5.75 Å². The van der Waals surface area contributed by atoms with Crippen molar-refractivity contribution < 1.29 is 13.9 Å². The number of nitrogens with zero attached hydrogens (tertiary/aromatic N) is 6. The molecule has 4 heterocycles. The first kappa shape index (κ1) is 25.4. The molecule has 1 aromatic carbocycles. The SMILES string of the molecule is COc1ccc(N2CCN(c3cc(C)nc(SCc4ccc(C(=O)N5CCN(C)CC5)o4)n3)CC2)cc1. The first-order valence-corrected chi connectivity index (χ1v) is 13.7. The Bertz CT molecular complexity index is 1200. The van der Waals surface area contributed by atoms with E-state index in [1.807, 2.05) is 36.1 Å². The molecule has 2 fully saturated rings. The van der Waals surface area contributed by atoms with Crippen molar-refractivity contribution >= 4 is 29.2 Å². The highest BCUT2D eigenvalue weighted by Gasteiger charge is 2.23. The van der Waals surface area contributed by atoms with Gasteiger partial charge in [0.2, 0.25) is 0 Å². The van der Waals surface area contributed by atoms with Crippen molar-refractivity contribution in [2.24, 2.45) is 0 Å². The van der Waals surface area contributed by atoms with Gasteiger partial charge in [-0.3, -0.25) is 4.79 Å². The smallest absolute Gasteiger partial charge is 0.289 e. The Hall–Kier alpha value is -3.24. The van der Waals surface area contributed by atoms with Crippen LogP contribution in [0.15, 0.2) is 52.0 Å². The second kappa shape index (κ2) is 11.4. The molecule has 0 spiro atoms. The maximum atomic E-state index is 12.8. The lowest BCUT2D eigenvalue weighted by molar-refractivity contribution is 0.0631. The minimum absolute atomic E-state index is 0.0350. The molecule has 196 valence electrons. The summed E-state index contributed by atoms with van der Waals surface area (Å²) in [7, 11) is 3.76. The molecule has 0 N–H and O–H groups in total. The number of aromatic nitrogens is 2. The number of thioether (sulfide) groups is 1. The van der Waals surface area contributed by atoms with Gasteiger partial charge in [0.15, 0.2) is 10.9 Å². The van der Waals surface area contributed by atoms with E-state index in [1.165, 1.54) is 17.4 Å². The van der Waals surface area contributed by atoms with E-state index in [9.17, 15) is 4.79 Å². The summed E-state index contributed by atoms with van der Waals surface area (Å²) in [4.78, 5) is 31.0. The fourth-order valence-corrected chi connectivity index (χ4v) is 5.40. The fourth-order valence-electron chi connectivity index (χ4n) is 4.61. The van der Waals surface area contributed by atoms with Gasteiger partial charge >= 0.3 is 0 Å². The number of furan rings is 1. The van der Waals surface area contributed by atoms with Gasteiger partial charge in [-0.2, -0.15) is 0 Å². The molecule has 10 heteroatoms. The topological polar surface area (TPSA) is 78.2 Å². The van der Waals surface area contributed by atoms with Gasteiger partial charge < -0.3 is 28.8 Å². The second-order valence-electron chi connectivity index (χ2n) is 9.47. The van der Waals surface area contributed by atoms with Crippen molar-refractivity contribution in [2.45, 2.75) is 17.8 Å². The van der Waals surface area contributed by atoms with Crippen molar-refractivity contribution in [2.75, 3.05) is 76.3 Å². The van der Waals surface area contributed by atoms with E-state index in [-0.39, 0.29) is 5.91 Å². The number of anilines is 2. The van der Waals surface area contributed by atoms with Gasteiger partial charge in [-0.05, 0) is 50.4 Å². The van der Waals surface area contributed by atoms with Crippen LogP contribution >= 0.6 is 11.8 Å². The average Bonchev–Trinajstić information content (AvgIpc) is 3.41. The number of hydrogen-bond donors (Lipinski definition) is 0. The molecule has 0 bridgehead atoms. The first-order valence-electron chi connectivity index (χ1n) is 12.7. The molecule has 3 aromatic rings. The zero-order valence-electron chi connectivity index (χ0n) is 21.7. The third kappa shape index (κ3) is 6.19. The predicted octanol–water partition coefficient (Wildman–Crippen LogP) is 3.39. The number of carbonyl (C=O) groups is 1. The highest BCUT2D eigenvalue weighted by Crippen LogP contribution is 2.26. The zero-order valence-corrected chi connectivity index (χ0v) is 22.5. The average molecular weight is 523 g/mol. The van der Waals surface area contributed by atoms with E-state index in [1.54, 1.807) is 13.2 Å². The van der Waals surface area contributed by atoms with E-state index in [2.05, 4.69) is 38.9 Å². The predicted molar refractivity (Wildman–Crippen MR) is 146 cm³/mol. The van der Waals surface area contributed by atoms with E-state index >= 15 is 0 Å². The summed E-state index contributed by atoms with van der Waals surface area (Å²) >= 11 is 1.53. The molecule has 2 aliphatic heterocycles. The molecule has 0 radical (unpaired) electrons. The Morgan fingerprint density at radius 3 is 2.35 bits per heavy atom. The van der Waals surface area contributed by atoms with Crippen LogP contribution in [0.4, 0.5) is 11.5 Å². The standard InChI is InChI=1S/C27H34N6O3S/c1-20-18-25(32-16-14-31(15-17-32)21-4-6-22(35-3)7-5-21)29-27(28-20)37-19-23-8-9-24(36-23)26(34)33-12-10-30(2)11-13-33/h4-9,18H,10-17,19H2,1-3H3. The van der Waals surface area contributed by atoms with Crippen LogP contribution in [0.2, 0.25) is 0 Å². The van der Waals surface area contributed by atoms with E-state index in [0.717, 1.165) is 80.5 Å². The Labute approximate surface area is 222 Å². The van der Waals surface area contributed by atoms with Gasteiger partial charge in [-0.25, -0.2) is 9.97 Å². The Morgan fingerprint density at radius 1 is 0.946 bits per heavy atom. The number of methoxy groups -OCH3 is 1. The number of carbonyl (C=O) groups excluding carboxylic acids is 1. The van der Waals surface area contributed by atoms with Crippen LogP contribution in [-0.2, 0) is 5.75 Å². The number of hydrogen-bond acceptors (Lipinski definition) is 9. The molecule has 2 aromatic heterocycles. The number of amides is 1. The van der Waals surface area contributed by atoms with Gasteiger partial charge in [-0.15, -0.1) is 0 Å². The van der Waals surface area contributed by atoms with Gasteiger partial charge in [0.25, 0.3) is 5.91 Å². The summed E-state index contributed by atoms with van der Waals surface area (Å²) in [6.45, 7) is 8.87. The van der Waals surface area contributed by atoms with Crippen LogP contribution in [0.25, 0.3) is 0 Å². The van der Waals surface area contributed by atoms with Crippen LogP contribution in [0.3, 0.4) is 0 Å². The summed E-state index contributed by atoms with van der Waals surface area (Å²) in [6, 6.07) is 13.9. The third-order valence-electron chi connectivity index (χ3n) is 6.87. The van der Waals surface area contributed by atoms with Crippen molar-refractivity contribution in [3.63, 3.8) is 0 Å². The normalized spacial score (nSPS) is 16.8. The van der Waals surface area contributed by atoms with Crippen molar-refractivity contribution in [3.05, 3.63) is 59.7 Å². The van der Waals surface area contributed by atoms with Crippen LogP contribution in [0, 0.1) is 6.92 Å². The third-order valence-corrected chi connectivity index (χ3v) is 7.74. The van der Waals surface area contributed by atoms with Gasteiger partial charge in [0.1, 0.15) is 17.3 Å². The molecular weight excluding hydrogens is 488 g/mol. The van der Waals surface area contributed by atoms with E-state index in [0.29, 0.717) is 11.5 Å². The maximum Gasteiger partial charge on any atom is 0.289 e. The number of aryl methyl sites for hydroxylation is 1. The van der Waals surface area contributed by atoms with Crippen LogP contribution in [-0.4, -0.2) is 92.2 Å². The number of piperazine rings is 2. The quantitative estimate of drug-likeness (QED) is 0.343. The van der Waals surface area contributed by atoms with E-state index < -0.39 is 0 Å². The summed E-state index contributed by atoms with van der Waals surface area (Å²) in [5, 5.41) is 0.718. The molecule has 0 unspecified atom stereocenters. The maximum absolute atomic E-state index is 12.8. The minimum Gasteiger partial charge on any atom is -0.497 e. The molecule has 0 atom stereocenters. The van der Waals surface area contributed by atoms with Gasteiger partial charge in [-0.1, -0.05) is 11.8 Å². The van der Waals surface area contributed by atoms with E-state index in [4.69, 9.17) is 14.1 Å². The first-order chi connectivity index (χ1) is 18.0. The largest absolute Gasteiger partial charge is 0.497 e. The van der Waals surface area contributed by atoms with Gasteiger partial charge in [0, 0.05) is 69.8 Å². The lowest BCUT2D eigenvalue weighted by atomic mass is 10.2. The molecule has 1 amide bonds. The summed E-state index contributed by atoms with van der Waals surface area (Å²) in [5.74, 6) is 3.52. The Morgan fingerprint density at radius 2 is 1.65 bits per heavy atom. The summed E-state index contributed by atoms with van der Waals surface area (Å²) in [6.07, 6.45) is 0. The Balaban J connectivity index is 1.17. The highest BCUT2D eigenvalue weighted by molar-refractivity contribution is 7.98. The lowest BCUT2D eigenvalue weighted by Gasteiger charge is -2.36. The van der Waals surface area contributed by atoms with Crippen molar-refractivity contribution in [3.8, 4) is 5.75 Å². The van der Waals surface area contributed by atoms with Crippen LogP contribution in [0.1, 0.15) is 22.0 Å². The highest BCUT2D eigenvalue weighted by atomic mass is 32.2. The van der Waals surface area contributed by atoms with Crippen molar-refractivity contribution in [1.29, 1.82) is 0 Å². The number of ether oxygens (including phenoxy) is 1. The number of likely N-dealkylation sites (N-methyl/N-ethyl adjacent to an activating group) is 1. The lowest BCUT2D eigenvalue weighted by Crippen LogP contribution is -2.47. The van der Waals surface area contributed by atoms with Gasteiger partial charge in [0.05, 0.1) is 12.9 Å². The molecule has 0 saturated carbocycles. The minimum atomic E-state index is -0.0350. The molecular formula is C27H34N6O3S. The summed E-state index contributed by atoms with van der Waals surface area (Å²) in [5.41, 5.74) is 2.15. The second-order valence-corrected chi connectivity index (χ2v) is 10.4. The zero-order chi connectivity index (χ0) is 25.8. The molecule has 37 heavy (non-hydrogen) atoms. The molecule has 2 aliphatic rings. The molecule has 5 rings (SSSR count). The van der Waals surface area contributed by atoms with Crippen LogP contribution < -0.4 is 14.5 Å². The monoisotopic (exact) mass is 522 g/mol. The molecule has 0 aliphatic carbocycles. The fraction of sp³-hybridized carbons (Fsp3) is 0.444. The van der Waals surface area contributed by atoms with Crippen molar-refractivity contribution in [1.82, 2.24) is 19.8 Å².